The van der Waals surface area contributed by atoms with Gasteiger partial charge in [-0.3, -0.25) is 0 Å². The first-order valence-electron chi connectivity index (χ1n) is 6.22. The van der Waals surface area contributed by atoms with E-state index < -0.39 is 0 Å². The Bertz CT molecular complexity index is 376. The normalized spacial score (nSPS) is 17.6. The van der Waals surface area contributed by atoms with Crippen LogP contribution in [0.1, 0.15) is 6.92 Å². The first kappa shape index (κ1) is 13.3. The molecule has 0 bridgehead atoms. The summed E-state index contributed by atoms with van der Waals surface area (Å²) in [5, 5.41) is 0. The maximum absolute atomic E-state index is 12.7. The zero-order valence-corrected chi connectivity index (χ0v) is 11.0. The van der Waals surface area contributed by atoms with Crippen LogP contribution in [-0.2, 0) is 4.74 Å². The van der Waals surface area contributed by atoms with Crippen molar-refractivity contribution in [1.29, 1.82) is 0 Å². The lowest BCUT2D eigenvalue weighted by Crippen LogP contribution is -2.48. The van der Waals surface area contributed by atoms with Gasteiger partial charge in [-0.15, -0.1) is 0 Å². The van der Waals surface area contributed by atoms with Crippen molar-refractivity contribution >= 4 is 0 Å². The third kappa shape index (κ3) is 3.68. The van der Waals surface area contributed by atoms with Gasteiger partial charge in [-0.05, 0) is 31.3 Å². The Balaban J connectivity index is 1.67. The van der Waals surface area contributed by atoms with E-state index >= 15 is 0 Å². The summed E-state index contributed by atoms with van der Waals surface area (Å²) in [7, 11) is 2.08. The predicted octanol–water partition coefficient (Wildman–Crippen LogP) is 2.17. The first-order chi connectivity index (χ1) is 8.57. The van der Waals surface area contributed by atoms with Gasteiger partial charge in [0.05, 0.1) is 13.2 Å². The van der Waals surface area contributed by atoms with Gasteiger partial charge in [-0.25, -0.2) is 4.39 Å². The highest BCUT2D eigenvalue weighted by Gasteiger charge is 2.34. The lowest BCUT2D eigenvalue weighted by molar-refractivity contribution is -0.113. The molecule has 1 aliphatic rings. The van der Waals surface area contributed by atoms with E-state index in [1.54, 1.807) is 12.1 Å². The molecule has 1 saturated heterocycles. The SMILES string of the molecule is CN(CCOc1ccc(F)cc1)CC1(C)COC1. The molecule has 1 aliphatic heterocycles. The van der Waals surface area contributed by atoms with E-state index in [4.69, 9.17) is 9.47 Å². The predicted molar refractivity (Wildman–Crippen MR) is 68.3 cm³/mol. The summed E-state index contributed by atoms with van der Waals surface area (Å²) in [5.41, 5.74) is 0.296. The molecule has 1 aromatic rings. The van der Waals surface area contributed by atoms with Gasteiger partial charge in [0.25, 0.3) is 0 Å². The molecule has 0 saturated carbocycles. The van der Waals surface area contributed by atoms with Crippen molar-refractivity contribution in [3.63, 3.8) is 0 Å². The average Bonchev–Trinajstić information content (AvgIpc) is 2.30. The van der Waals surface area contributed by atoms with Crippen LogP contribution < -0.4 is 4.74 Å². The summed E-state index contributed by atoms with van der Waals surface area (Å²) >= 11 is 0. The second-order valence-corrected chi connectivity index (χ2v) is 5.34. The van der Waals surface area contributed by atoms with Gasteiger partial charge in [-0.2, -0.15) is 0 Å². The second kappa shape index (κ2) is 5.67. The molecular formula is C14H20FNO2. The van der Waals surface area contributed by atoms with Crippen molar-refractivity contribution in [2.75, 3.05) is 40.0 Å². The maximum Gasteiger partial charge on any atom is 0.123 e. The molecule has 1 aromatic carbocycles. The number of hydrogen-bond acceptors (Lipinski definition) is 3. The first-order valence-corrected chi connectivity index (χ1v) is 6.22. The number of benzene rings is 1. The minimum absolute atomic E-state index is 0.239. The Morgan fingerprint density at radius 1 is 1.33 bits per heavy atom. The molecule has 4 heteroatoms. The van der Waals surface area contributed by atoms with E-state index in [9.17, 15) is 4.39 Å². The molecule has 2 rings (SSSR count). The topological polar surface area (TPSA) is 21.7 Å². The lowest BCUT2D eigenvalue weighted by atomic mass is 9.88. The molecule has 1 heterocycles. The highest BCUT2D eigenvalue weighted by atomic mass is 19.1. The van der Waals surface area contributed by atoms with Crippen molar-refractivity contribution in [3.8, 4) is 5.75 Å². The quantitative estimate of drug-likeness (QED) is 0.775. The standard InChI is InChI=1S/C14H20FNO2/c1-14(10-17-11-14)9-16(2)7-8-18-13-5-3-12(15)4-6-13/h3-6H,7-11H2,1-2H3. The summed E-state index contributed by atoms with van der Waals surface area (Å²) < 4.78 is 23.5. The average molecular weight is 253 g/mol. The molecular weight excluding hydrogens is 233 g/mol. The fourth-order valence-corrected chi connectivity index (χ4v) is 2.12. The number of likely N-dealkylation sites (N-methyl/N-ethyl adjacent to an activating group) is 1. The molecule has 0 spiro atoms. The monoisotopic (exact) mass is 253 g/mol. The van der Waals surface area contributed by atoms with Gasteiger partial charge in [-0.1, -0.05) is 6.92 Å². The number of rotatable bonds is 6. The van der Waals surface area contributed by atoms with Crippen LogP contribution in [0.15, 0.2) is 24.3 Å². The molecule has 0 amide bonds. The summed E-state index contributed by atoms with van der Waals surface area (Å²) in [6.45, 7) is 6.39. The number of nitrogens with zero attached hydrogens (tertiary/aromatic N) is 1. The van der Waals surface area contributed by atoms with Crippen LogP contribution in [0.25, 0.3) is 0 Å². The highest BCUT2D eigenvalue weighted by molar-refractivity contribution is 5.21. The Morgan fingerprint density at radius 3 is 2.56 bits per heavy atom. The third-order valence-electron chi connectivity index (χ3n) is 3.11. The molecule has 0 radical (unpaired) electrons. The number of halogens is 1. The molecule has 18 heavy (non-hydrogen) atoms. The molecule has 0 atom stereocenters. The Labute approximate surface area is 107 Å². The van der Waals surface area contributed by atoms with Crippen molar-refractivity contribution < 1.29 is 13.9 Å². The van der Waals surface area contributed by atoms with Gasteiger partial charge in [0.15, 0.2) is 0 Å². The summed E-state index contributed by atoms with van der Waals surface area (Å²) in [6.07, 6.45) is 0. The highest BCUT2D eigenvalue weighted by Crippen LogP contribution is 2.26. The van der Waals surface area contributed by atoms with Gasteiger partial charge in [0, 0.05) is 18.5 Å². The van der Waals surface area contributed by atoms with Crippen LogP contribution in [0.2, 0.25) is 0 Å². The van der Waals surface area contributed by atoms with Crippen LogP contribution in [0.3, 0.4) is 0 Å². The smallest absolute Gasteiger partial charge is 0.123 e. The number of ether oxygens (including phenoxy) is 2. The van der Waals surface area contributed by atoms with E-state index in [0.717, 1.165) is 26.3 Å². The van der Waals surface area contributed by atoms with E-state index in [-0.39, 0.29) is 5.82 Å². The van der Waals surface area contributed by atoms with Gasteiger partial charge in [0.2, 0.25) is 0 Å². The van der Waals surface area contributed by atoms with Crippen molar-refractivity contribution in [1.82, 2.24) is 4.90 Å². The van der Waals surface area contributed by atoms with Crippen LogP contribution >= 0.6 is 0 Å². The van der Waals surface area contributed by atoms with Crippen LogP contribution in [-0.4, -0.2) is 44.9 Å². The van der Waals surface area contributed by atoms with Crippen LogP contribution in [0.4, 0.5) is 4.39 Å². The van der Waals surface area contributed by atoms with Crippen LogP contribution in [0.5, 0.6) is 5.75 Å². The minimum atomic E-state index is -0.239. The molecule has 3 nitrogen and oxygen atoms in total. The van der Waals surface area contributed by atoms with E-state index in [1.807, 2.05) is 0 Å². The van der Waals surface area contributed by atoms with Gasteiger partial charge in [0.1, 0.15) is 18.2 Å². The van der Waals surface area contributed by atoms with E-state index in [0.29, 0.717) is 17.8 Å². The summed E-state index contributed by atoms with van der Waals surface area (Å²) in [6, 6.07) is 6.12. The zero-order valence-electron chi connectivity index (χ0n) is 11.0. The minimum Gasteiger partial charge on any atom is -0.492 e. The lowest BCUT2D eigenvalue weighted by Gasteiger charge is -2.40. The van der Waals surface area contributed by atoms with Gasteiger partial charge >= 0.3 is 0 Å². The molecule has 0 aromatic heterocycles. The Kier molecular flexibility index (Phi) is 4.19. The van der Waals surface area contributed by atoms with Gasteiger partial charge < -0.3 is 14.4 Å². The third-order valence-corrected chi connectivity index (χ3v) is 3.11. The largest absolute Gasteiger partial charge is 0.492 e. The second-order valence-electron chi connectivity index (χ2n) is 5.34. The summed E-state index contributed by atoms with van der Waals surface area (Å²) in [5.74, 6) is 0.473. The fourth-order valence-electron chi connectivity index (χ4n) is 2.12. The zero-order chi connectivity index (χ0) is 13.0. The van der Waals surface area contributed by atoms with Crippen molar-refractivity contribution in [2.24, 2.45) is 5.41 Å². The number of hydrogen-bond donors (Lipinski definition) is 0. The van der Waals surface area contributed by atoms with Crippen molar-refractivity contribution in [2.45, 2.75) is 6.92 Å². The Morgan fingerprint density at radius 2 is 2.00 bits per heavy atom. The molecule has 0 unspecified atom stereocenters. The maximum atomic E-state index is 12.7. The van der Waals surface area contributed by atoms with Crippen molar-refractivity contribution in [3.05, 3.63) is 30.1 Å². The van der Waals surface area contributed by atoms with Crippen LogP contribution in [0, 0.1) is 11.2 Å². The molecule has 100 valence electrons. The fraction of sp³-hybridized carbons (Fsp3) is 0.571. The molecule has 1 fully saturated rings. The van der Waals surface area contributed by atoms with E-state index in [2.05, 4.69) is 18.9 Å². The summed E-state index contributed by atoms with van der Waals surface area (Å²) in [4.78, 5) is 2.24. The molecule has 0 N–H and O–H groups in total. The van der Waals surface area contributed by atoms with E-state index in [1.165, 1.54) is 12.1 Å². The molecule has 0 aliphatic carbocycles. The Hall–Kier alpha value is -1.13.